The average molecular weight is 460 g/mol. The second-order valence-corrected chi connectivity index (χ2v) is 10.8. The van der Waals surface area contributed by atoms with Crippen molar-refractivity contribution in [2.45, 2.75) is 44.8 Å². The van der Waals surface area contributed by atoms with Gasteiger partial charge in [0.25, 0.3) is 12.4 Å². The molecule has 1 aromatic carbocycles. The van der Waals surface area contributed by atoms with E-state index in [-0.39, 0.29) is 12.4 Å². The van der Waals surface area contributed by atoms with E-state index in [2.05, 4.69) is 28.9 Å². The maximum atomic E-state index is 13.2. The summed E-state index contributed by atoms with van der Waals surface area (Å²) in [5, 5.41) is 7.93. The first kappa shape index (κ1) is 23.1. The number of nitrogens with zero attached hydrogens (tertiary/aromatic N) is 3. The number of amides is 1. The first-order valence-electron chi connectivity index (χ1n) is 11.4. The Balaban J connectivity index is 0.000000775. The molecule has 7 nitrogen and oxygen atoms in total. The van der Waals surface area contributed by atoms with E-state index >= 15 is 0 Å². The summed E-state index contributed by atoms with van der Waals surface area (Å²) < 4.78 is 7.47. The minimum Gasteiger partial charge on any atom is -0.483 e. The molecule has 3 aliphatic rings. The fourth-order valence-electron chi connectivity index (χ4n) is 5.18. The predicted octanol–water partition coefficient (Wildman–Crippen LogP) is 3.51. The molecule has 2 aliphatic carbocycles. The van der Waals surface area contributed by atoms with E-state index in [9.17, 15) is 4.79 Å². The van der Waals surface area contributed by atoms with E-state index in [0.29, 0.717) is 24.0 Å². The Hall–Kier alpha value is -2.03. The largest absolute Gasteiger partial charge is 0.483 e. The number of carbonyl (C=O) groups is 2. The molecule has 1 aromatic heterocycles. The number of benzene rings is 1. The van der Waals surface area contributed by atoms with Crippen LogP contribution in [0.3, 0.4) is 0 Å². The van der Waals surface area contributed by atoms with Gasteiger partial charge in [0, 0.05) is 31.3 Å². The molecular formula is C24H33N3O4S. The van der Waals surface area contributed by atoms with Crippen molar-refractivity contribution < 1.29 is 19.4 Å². The average Bonchev–Trinajstić information content (AvgIpc) is 3.37. The van der Waals surface area contributed by atoms with Gasteiger partial charge in [-0.3, -0.25) is 9.59 Å². The summed E-state index contributed by atoms with van der Waals surface area (Å²) in [6.07, 6.45) is 5.17. The maximum absolute atomic E-state index is 13.2. The quantitative estimate of drug-likeness (QED) is 0.689. The second kappa shape index (κ2) is 9.85. The van der Waals surface area contributed by atoms with Gasteiger partial charge in [-0.05, 0) is 82.7 Å². The normalized spacial score (nSPS) is 27.2. The summed E-state index contributed by atoms with van der Waals surface area (Å²) in [4.78, 5) is 30.5. The number of thiazole rings is 1. The number of likely N-dealkylation sites (N-methyl/N-ethyl adjacent to an activating group) is 1. The molecule has 0 unspecified atom stereocenters. The molecule has 32 heavy (non-hydrogen) atoms. The van der Waals surface area contributed by atoms with Crippen molar-refractivity contribution in [3.8, 4) is 0 Å². The summed E-state index contributed by atoms with van der Waals surface area (Å²) in [5.74, 6) is 2.11. The molecule has 3 fully saturated rings. The lowest BCUT2D eigenvalue weighted by Crippen LogP contribution is -2.48. The molecule has 0 spiro atoms. The van der Waals surface area contributed by atoms with Crippen molar-refractivity contribution in [1.82, 2.24) is 14.8 Å². The first-order chi connectivity index (χ1) is 15.4. The van der Waals surface area contributed by atoms with Crippen molar-refractivity contribution >= 4 is 33.9 Å². The van der Waals surface area contributed by atoms with Gasteiger partial charge in [-0.25, -0.2) is 4.98 Å². The van der Waals surface area contributed by atoms with Crippen molar-refractivity contribution in [2.24, 2.45) is 17.8 Å². The molecule has 2 saturated carbocycles. The second-order valence-electron chi connectivity index (χ2n) is 9.57. The summed E-state index contributed by atoms with van der Waals surface area (Å²) >= 11 is 1.66. The molecule has 0 radical (unpaired) electrons. The highest BCUT2D eigenvalue weighted by Gasteiger charge is 2.45. The fourth-order valence-corrected chi connectivity index (χ4v) is 6.04. The SMILES string of the molecule is Cc1nc2ccc(C(=O)N3C[C@H]4C[C@@H](N(C)C)[C@H](OCC5CC5)C[C@H]4C3)cc2s1.O=CO. The summed E-state index contributed by atoms with van der Waals surface area (Å²) in [6.45, 7) is 4.43. The van der Waals surface area contributed by atoms with Crippen LogP contribution in [0.1, 0.15) is 41.0 Å². The van der Waals surface area contributed by atoms with Gasteiger partial charge in [0.1, 0.15) is 0 Å². The summed E-state index contributed by atoms with van der Waals surface area (Å²) in [7, 11) is 4.34. The number of carboxylic acid groups (broad SMARTS) is 1. The highest BCUT2D eigenvalue weighted by Crippen LogP contribution is 2.40. The van der Waals surface area contributed by atoms with E-state index < -0.39 is 0 Å². The van der Waals surface area contributed by atoms with Crippen LogP contribution in [0.15, 0.2) is 18.2 Å². The van der Waals surface area contributed by atoms with E-state index in [0.717, 1.165) is 59.2 Å². The van der Waals surface area contributed by atoms with Gasteiger partial charge in [-0.2, -0.15) is 0 Å². The number of carbonyl (C=O) groups excluding carboxylic acids is 1. The summed E-state index contributed by atoms with van der Waals surface area (Å²) in [5.41, 5.74) is 1.79. The molecule has 2 aromatic rings. The Bertz CT molecular complexity index is 958. The third kappa shape index (κ3) is 5.13. The number of aryl methyl sites for hydroxylation is 1. The van der Waals surface area contributed by atoms with Crippen LogP contribution >= 0.6 is 11.3 Å². The number of hydrogen-bond acceptors (Lipinski definition) is 6. The zero-order valence-corrected chi connectivity index (χ0v) is 19.9. The van der Waals surface area contributed by atoms with Crippen LogP contribution in [0.4, 0.5) is 0 Å². The number of likely N-dealkylation sites (tertiary alicyclic amines) is 1. The summed E-state index contributed by atoms with van der Waals surface area (Å²) in [6, 6.07) is 6.41. The maximum Gasteiger partial charge on any atom is 0.290 e. The van der Waals surface area contributed by atoms with E-state index in [1.165, 1.54) is 12.8 Å². The predicted molar refractivity (Wildman–Crippen MR) is 125 cm³/mol. The molecule has 8 heteroatoms. The highest BCUT2D eigenvalue weighted by atomic mass is 32.1. The van der Waals surface area contributed by atoms with Crippen LogP contribution in [0.5, 0.6) is 0 Å². The van der Waals surface area contributed by atoms with Crippen molar-refractivity contribution in [3.05, 3.63) is 28.8 Å². The van der Waals surface area contributed by atoms with Gasteiger partial charge in [0.05, 0.1) is 21.3 Å². The molecule has 4 atom stereocenters. The van der Waals surface area contributed by atoms with Crippen molar-refractivity contribution in [1.29, 1.82) is 0 Å². The van der Waals surface area contributed by atoms with Crippen LogP contribution in [0, 0.1) is 24.7 Å². The Kier molecular flexibility index (Phi) is 7.12. The minimum atomic E-state index is -0.250. The Morgan fingerprint density at radius 1 is 1.28 bits per heavy atom. The van der Waals surface area contributed by atoms with Crippen molar-refractivity contribution in [3.63, 3.8) is 0 Å². The topological polar surface area (TPSA) is 83.0 Å². The zero-order valence-electron chi connectivity index (χ0n) is 19.1. The lowest BCUT2D eigenvalue weighted by atomic mass is 9.77. The molecular weight excluding hydrogens is 426 g/mol. The molecule has 1 aliphatic heterocycles. The van der Waals surface area contributed by atoms with Gasteiger partial charge in [0.15, 0.2) is 0 Å². The third-order valence-corrected chi connectivity index (χ3v) is 7.95. The third-order valence-electron chi connectivity index (χ3n) is 7.02. The van der Waals surface area contributed by atoms with E-state index in [4.69, 9.17) is 14.6 Å². The monoisotopic (exact) mass is 459 g/mol. The zero-order chi connectivity index (χ0) is 22.8. The van der Waals surface area contributed by atoms with Crippen LogP contribution in [-0.2, 0) is 9.53 Å². The standard InChI is InChI=1S/C23H31N3O2S.CH2O2/c1-14-24-19-7-6-16(10-22(19)29-14)23(27)26-11-17-8-20(25(2)3)21(9-18(17)12-26)28-13-15-4-5-15;2-1-3/h6-7,10,15,17-18,20-21H,4-5,8-9,11-13H2,1-3H3;1H,(H,2,3)/t17-,18+,20-,21-;/m1./s1. The molecule has 5 rings (SSSR count). The number of aromatic nitrogens is 1. The number of fused-ring (bicyclic) bond motifs is 2. The minimum absolute atomic E-state index is 0.171. The van der Waals surface area contributed by atoms with E-state index in [1.807, 2.05) is 25.1 Å². The molecule has 1 amide bonds. The number of hydrogen-bond donors (Lipinski definition) is 1. The lowest BCUT2D eigenvalue weighted by molar-refractivity contribution is -0.122. The highest BCUT2D eigenvalue weighted by molar-refractivity contribution is 7.18. The van der Waals surface area contributed by atoms with Crippen molar-refractivity contribution in [2.75, 3.05) is 33.8 Å². The van der Waals surface area contributed by atoms with Crippen LogP contribution in [0.2, 0.25) is 0 Å². The van der Waals surface area contributed by atoms with Gasteiger partial charge in [0.2, 0.25) is 0 Å². The molecule has 174 valence electrons. The van der Waals surface area contributed by atoms with Gasteiger partial charge in [-0.1, -0.05) is 0 Å². The fraction of sp³-hybridized carbons (Fsp3) is 0.625. The van der Waals surface area contributed by atoms with Crippen LogP contribution in [-0.4, -0.2) is 78.2 Å². The first-order valence-corrected chi connectivity index (χ1v) is 12.2. The molecule has 2 heterocycles. The number of rotatable bonds is 5. The van der Waals surface area contributed by atoms with Gasteiger partial charge >= 0.3 is 0 Å². The smallest absolute Gasteiger partial charge is 0.290 e. The Morgan fingerprint density at radius 2 is 1.97 bits per heavy atom. The lowest BCUT2D eigenvalue weighted by Gasteiger charge is -2.41. The molecule has 1 N–H and O–H groups in total. The van der Waals surface area contributed by atoms with Crippen LogP contribution in [0.25, 0.3) is 10.2 Å². The Labute approximate surface area is 193 Å². The molecule has 0 bridgehead atoms. The van der Waals surface area contributed by atoms with E-state index in [1.54, 1.807) is 11.3 Å². The van der Waals surface area contributed by atoms with Gasteiger partial charge < -0.3 is 19.6 Å². The number of ether oxygens (including phenoxy) is 1. The van der Waals surface area contributed by atoms with Crippen LogP contribution < -0.4 is 0 Å². The molecule has 1 saturated heterocycles. The van der Waals surface area contributed by atoms with Gasteiger partial charge in [-0.15, -0.1) is 11.3 Å². The Morgan fingerprint density at radius 3 is 2.62 bits per heavy atom.